The lowest BCUT2D eigenvalue weighted by molar-refractivity contribution is 0.591. The molecule has 3 heteroatoms. The molecule has 0 aliphatic carbocycles. The lowest BCUT2D eigenvalue weighted by atomic mass is 9.99. The molecule has 1 nitrogen and oxygen atoms in total. The quantitative estimate of drug-likeness (QED) is 0.866. The molecule has 0 fully saturated rings. The Kier molecular flexibility index (Phi) is 4.81. The number of halogens is 2. The minimum absolute atomic E-state index is 0.220. The van der Waals surface area contributed by atoms with Crippen molar-refractivity contribution in [2.75, 3.05) is 7.05 Å². The largest absolute Gasteiger partial charge is 0.313 e. The fraction of sp³-hybridized carbons (Fsp3) is 0.200. The normalized spacial score (nSPS) is 12.4. The van der Waals surface area contributed by atoms with Crippen molar-refractivity contribution in [2.24, 2.45) is 0 Å². The summed E-state index contributed by atoms with van der Waals surface area (Å²) in [4.78, 5) is 0. The first kappa shape index (κ1) is 13.6. The monoisotopic (exact) mass is 323 g/mol. The summed E-state index contributed by atoms with van der Waals surface area (Å²) in [5, 5.41) is 4.14. The molecule has 0 bridgehead atoms. The average molecular weight is 325 g/mol. The van der Waals surface area contributed by atoms with Crippen molar-refractivity contribution in [3.05, 3.63) is 69.2 Å². The SMILES string of the molecule is CNC(Cc1ccccc1Br)c1ccccc1Cl. The first-order valence-corrected chi connectivity index (χ1v) is 7.04. The topological polar surface area (TPSA) is 12.0 Å². The smallest absolute Gasteiger partial charge is 0.0453 e. The van der Waals surface area contributed by atoms with Crippen molar-refractivity contribution in [2.45, 2.75) is 12.5 Å². The predicted molar refractivity (Wildman–Crippen MR) is 81.1 cm³/mol. The van der Waals surface area contributed by atoms with E-state index in [1.807, 2.05) is 31.3 Å². The Morgan fingerprint density at radius 2 is 1.78 bits per heavy atom. The molecule has 1 unspecified atom stereocenters. The molecule has 0 aliphatic heterocycles. The molecule has 1 atom stereocenters. The maximum Gasteiger partial charge on any atom is 0.0453 e. The highest BCUT2D eigenvalue weighted by molar-refractivity contribution is 9.10. The summed E-state index contributed by atoms with van der Waals surface area (Å²) >= 11 is 9.84. The molecular weight excluding hydrogens is 310 g/mol. The van der Waals surface area contributed by atoms with Crippen LogP contribution in [0.5, 0.6) is 0 Å². The molecule has 0 saturated carbocycles. The third-order valence-electron chi connectivity index (χ3n) is 3.01. The molecule has 0 aliphatic rings. The Morgan fingerprint density at radius 1 is 1.11 bits per heavy atom. The highest BCUT2D eigenvalue weighted by Gasteiger charge is 2.14. The van der Waals surface area contributed by atoms with Crippen LogP contribution in [0, 0.1) is 0 Å². The summed E-state index contributed by atoms with van der Waals surface area (Å²) < 4.78 is 1.14. The van der Waals surface area contributed by atoms with Crippen molar-refractivity contribution in [1.29, 1.82) is 0 Å². The summed E-state index contributed by atoms with van der Waals surface area (Å²) in [7, 11) is 1.96. The molecule has 18 heavy (non-hydrogen) atoms. The van der Waals surface area contributed by atoms with Crippen molar-refractivity contribution in [3.63, 3.8) is 0 Å². The van der Waals surface area contributed by atoms with Gasteiger partial charge < -0.3 is 5.32 Å². The zero-order valence-electron chi connectivity index (χ0n) is 10.2. The molecule has 0 saturated heterocycles. The first-order chi connectivity index (χ1) is 8.72. The van der Waals surface area contributed by atoms with Gasteiger partial charge in [-0.15, -0.1) is 0 Å². The Hall–Kier alpha value is -0.830. The third-order valence-corrected chi connectivity index (χ3v) is 4.13. The van der Waals surface area contributed by atoms with Crippen LogP contribution in [-0.4, -0.2) is 7.05 Å². The Morgan fingerprint density at radius 3 is 2.44 bits per heavy atom. The summed E-state index contributed by atoms with van der Waals surface area (Å²) in [6.07, 6.45) is 0.904. The molecular formula is C15H15BrClN. The van der Waals surface area contributed by atoms with Gasteiger partial charge in [-0.25, -0.2) is 0 Å². The van der Waals surface area contributed by atoms with E-state index in [0.29, 0.717) is 0 Å². The predicted octanol–water partition coefficient (Wildman–Crippen LogP) is 4.61. The lowest BCUT2D eigenvalue weighted by Gasteiger charge is -2.18. The molecule has 0 aromatic heterocycles. The molecule has 0 heterocycles. The van der Waals surface area contributed by atoms with E-state index in [1.165, 1.54) is 5.56 Å². The minimum Gasteiger partial charge on any atom is -0.313 e. The maximum atomic E-state index is 6.25. The van der Waals surface area contributed by atoms with Crippen molar-refractivity contribution >= 4 is 27.5 Å². The number of hydrogen-bond donors (Lipinski definition) is 1. The van der Waals surface area contributed by atoms with Gasteiger partial charge in [0.25, 0.3) is 0 Å². The van der Waals surface area contributed by atoms with Crippen molar-refractivity contribution < 1.29 is 0 Å². The number of rotatable bonds is 4. The molecule has 0 amide bonds. The number of benzene rings is 2. The van der Waals surface area contributed by atoms with Gasteiger partial charge in [0.15, 0.2) is 0 Å². The summed E-state index contributed by atoms with van der Waals surface area (Å²) in [5.74, 6) is 0. The molecule has 0 radical (unpaired) electrons. The van der Waals surface area contributed by atoms with Gasteiger partial charge in [-0.2, -0.15) is 0 Å². The third kappa shape index (κ3) is 3.14. The van der Waals surface area contributed by atoms with Crippen LogP contribution in [0.25, 0.3) is 0 Å². The van der Waals surface area contributed by atoms with Crippen LogP contribution >= 0.6 is 27.5 Å². The Bertz CT molecular complexity index is 527. The maximum absolute atomic E-state index is 6.25. The fourth-order valence-electron chi connectivity index (χ4n) is 2.01. The second kappa shape index (κ2) is 6.37. The second-order valence-corrected chi connectivity index (χ2v) is 5.42. The van der Waals surface area contributed by atoms with E-state index in [-0.39, 0.29) is 6.04 Å². The van der Waals surface area contributed by atoms with Crippen LogP contribution in [0.15, 0.2) is 53.0 Å². The van der Waals surface area contributed by atoms with E-state index >= 15 is 0 Å². The van der Waals surface area contributed by atoms with Gasteiger partial charge in [-0.3, -0.25) is 0 Å². The van der Waals surface area contributed by atoms with Crippen LogP contribution in [0.2, 0.25) is 5.02 Å². The second-order valence-electron chi connectivity index (χ2n) is 4.16. The van der Waals surface area contributed by atoms with Crippen LogP contribution in [0.4, 0.5) is 0 Å². The average Bonchev–Trinajstić information content (AvgIpc) is 2.39. The van der Waals surface area contributed by atoms with Crippen molar-refractivity contribution in [3.8, 4) is 0 Å². The molecule has 2 aromatic carbocycles. The lowest BCUT2D eigenvalue weighted by Crippen LogP contribution is -2.19. The van der Waals surface area contributed by atoms with Gasteiger partial charge in [0.1, 0.15) is 0 Å². The molecule has 0 spiro atoms. The van der Waals surface area contributed by atoms with E-state index in [4.69, 9.17) is 11.6 Å². The first-order valence-electron chi connectivity index (χ1n) is 5.87. The van der Waals surface area contributed by atoms with Gasteiger partial charge in [-0.1, -0.05) is 63.9 Å². The van der Waals surface area contributed by atoms with Crippen LogP contribution in [-0.2, 0) is 6.42 Å². The minimum atomic E-state index is 0.220. The van der Waals surface area contributed by atoms with Crippen LogP contribution in [0.3, 0.4) is 0 Å². The van der Waals surface area contributed by atoms with E-state index in [9.17, 15) is 0 Å². The number of nitrogens with one attached hydrogen (secondary N) is 1. The van der Waals surface area contributed by atoms with Gasteiger partial charge >= 0.3 is 0 Å². The highest BCUT2D eigenvalue weighted by Crippen LogP contribution is 2.27. The van der Waals surface area contributed by atoms with Gasteiger partial charge in [0.05, 0.1) is 0 Å². The van der Waals surface area contributed by atoms with Crippen molar-refractivity contribution in [1.82, 2.24) is 5.32 Å². The molecule has 94 valence electrons. The molecule has 2 aromatic rings. The van der Waals surface area contributed by atoms with E-state index in [2.05, 4.69) is 45.5 Å². The summed E-state index contributed by atoms with van der Waals surface area (Å²) in [6.45, 7) is 0. The molecule has 1 N–H and O–H groups in total. The Labute approximate surface area is 121 Å². The van der Waals surface area contributed by atoms with Crippen LogP contribution < -0.4 is 5.32 Å². The summed E-state index contributed by atoms with van der Waals surface area (Å²) in [5.41, 5.74) is 2.41. The highest BCUT2D eigenvalue weighted by atomic mass is 79.9. The van der Waals surface area contributed by atoms with Crippen LogP contribution in [0.1, 0.15) is 17.2 Å². The van der Waals surface area contributed by atoms with Gasteiger partial charge in [0, 0.05) is 15.5 Å². The fourth-order valence-corrected chi connectivity index (χ4v) is 2.72. The standard InChI is InChI=1S/C15H15BrClN/c1-18-15(12-7-3-5-9-14(12)17)10-11-6-2-4-8-13(11)16/h2-9,15,18H,10H2,1H3. The number of hydrogen-bond acceptors (Lipinski definition) is 1. The van der Waals surface area contributed by atoms with Gasteiger partial charge in [0.2, 0.25) is 0 Å². The van der Waals surface area contributed by atoms with E-state index in [1.54, 1.807) is 0 Å². The zero-order chi connectivity index (χ0) is 13.0. The Balaban J connectivity index is 2.26. The summed E-state index contributed by atoms with van der Waals surface area (Å²) in [6, 6.07) is 16.5. The zero-order valence-corrected chi connectivity index (χ0v) is 12.5. The molecule has 2 rings (SSSR count). The number of likely N-dealkylation sites (N-methyl/N-ethyl adjacent to an activating group) is 1. The van der Waals surface area contributed by atoms with Gasteiger partial charge in [-0.05, 0) is 36.7 Å². The van der Waals surface area contributed by atoms with E-state index in [0.717, 1.165) is 21.5 Å². The van der Waals surface area contributed by atoms with E-state index < -0.39 is 0 Å².